The molecule has 1 heterocycles. The van der Waals surface area contributed by atoms with Crippen molar-refractivity contribution in [3.8, 4) is 17.0 Å². The average Bonchev–Trinajstić information content (AvgIpc) is 3.58. The minimum absolute atomic E-state index is 0.178. The van der Waals surface area contributed by atoms with Crippen molar-refractivity contribution in [2.45, 2.75) is 50.7 Å². The fraction of sp³-hybridized carbons (Fsp3) is 0.360. The fourth-order valence-corrected chi connectivity index (χ4v) is 4.66. The number of rotatable bonds is 6. The van der Waals surface area contributed by atoms with E-state index in [9.17, 15) is 5.11 Å². The van der Waals surface area contributed by atoms with Crippen LogP contribution in [0.4, 0.5) is 5.82 Å². The molecule has 2 aromatic carbocycles. The van der Waals surface area contributed by atoms with E-state index >= 15 is 0 Å². The van der Waals surface area contributed by atoms with E-state index in [0.29, 0.717) is 23.1 Å². The van der Waals surface area contributed by atoms with E-state index < -0.39 is 6.10 Å². The number of benzene rings is 2. The van der Waals surface area contributed by atoms with Crippen LogP contribution in [-0.4, -0.2) is 28.3 Å². The maximum atomic E-state index is 10.7. The number of aryl methyl sites for hydroxylation is 1. The maximum absolute atomic E-state index is 10.7. The lowest BCUT2D eigenvalue weighted by molar-refractivity contribution is 0.165. The van der Waals surface area contributed by atoms with Gasteiger partial charge < -0.3 is 15.2 Å². The summed E-state index contributed by atoms with van der Waals surface area (Å²) < 4.78 is 5.29. The number of aromatic nitrogens is 2. The molecule has 160 valence electrons. The van der Waals surface area contributed by atoms with Crippen LogP contribution < -0.4 is 10.1 Å². The van der Waals surface area contributed by atoms with Crippen LogP contribution in [0.3, 0.4) is 0 Å². The summed E-state index contributed by atoms with van der Waals surface area (Å²) in [6.07, 6.45) is 3.11. The average molecular weight is 436 g/mol. The Morgan fingerprint density at radius 2 is 1.97 bits per heavy atom. The largest absolute Gasteiger partial charge is 0.497 e. The molecular weight excluding hydrogens is 410 g/mol. The third kappa shape index (κ3) is 3.77. The van der Waals surface area contributed by atoms with Crippen molar-refractivity contribution in [3.05, 3.63) is 70.0 Å². The van der Waals surface area contributed by atoms with Crippen molar-refractivity contribution in [1.29, 1.82) is 0 Å². The molecule has 2 aliphatic carbocycles. The molecule has 1 saturated carbocycles. The number of hydrogen-bond donors (Lipinski definition) is 2. The predicted molar refractivity (Wildman–Crippen MR) is 123 cm³/mol. The molecule has 5 rings (SSSR count). The molecule has 0 amide bonds. The molecule has 1 aromatic heterocycles. The molecule has 2 N–H and O–H groups in total. The molecule has 0 radical (unpaired) electrons. The number of aliphatic hydroxyl groups is 1. The number of fused-ring (bicyclic) bond motifs is 1. The zero-order valence-corrected chi connectivity index (χ0v) is 18.5. The number of hydrogen-bond acceptors (Lipinski definition) is 5. The first-order valence-corrected chi connectivity index (χ1v) is 11.2. The number of methoxy groups -OCH3 is 1. The van der Waals surface area contributed by atoms with Crippen LogP contribution in [0.1, 0.15) is 54.2 Å². The molecule has 5 nitrogen and oxygen atoms in total. The first-order valence-electron chi connectivity index (χ1n) is 10.9. The van der Waals surface area contributed by atoms with Crippen molar-refractivity contribution in [2.75, 3.05) is 12.4 Å². The van der Waals surface area contributed by atoms with Crippen LogP contribution in [-0.2, 0) is 12.8 Å². The standard InChI is InChI=1S/C25H26ClN3O2/c1-3-20-23(18-11-10-16(31-2)13-19(18)26)28-22(14-8-9-14)25(27-20)29-24-17-7-5-4-6-15(17)12-21(24)30/h4-7,10-11,13-14,21,24,30H,3,8-9,12H2,1-2H3,(H,27,29)/t21-,24?/m0/s1. The van der Waals surface area contributed by atoms with Crippen molar-refractivity contribution < 1.29 is 9.84 Å². The number of aliphatic hydroxyl groups excluding tert-OH is 1. The Bertz CT molecular complexity index is 1130. The SMILES string of the molecule is CCc1nc(NC2c3ccccc3C[C@@H]2O)c(C2CC2)nc1-c1ccc(OC)cc1Cl. The summed E-state index contributed by atoms with van der Waals surface area (Å²) in [7, 11) is 1.63. The van der Waals surface area contributed by atoms with Gasteiger partial charge in [0.15, 0.2) is 0 Å². The lowest BCUT2D eigenvalue weighted by Crippen LogP contribution is -2.23. The zero-order chi connectivity index (χ0) is 21.5. The first-order chi connectivity index (χ1) is 15.1. The summed E-state index contributed by atoms with van der Waals surface area (Å²) in [5.41, 5.74) is 5.88. The van der Waals surface area contributed by atoms with Crippen LogP contribution in [0.5, 0.6) is 5.75 Å². The minimum Gasteiger partial charge on any atom is -0.497 e. The van der Waals surface area contributed by atoms with Crippen molar-refractivity contribution >= 4 is 17.4 Å². The van der Waals surface area contributed by atoms with E-state index in [1.165, 1.54) is 5.56 Å². The Morgan fingerprint density at radius 3 is 2.68 bits per heavy atom. The van der Waals surface area contributed by atoms with Gasteiger partial charge in [0.05, 0.1) is 41.4 Å². The highest BCUT2D eigenvalue weighted by Crippen LogP contribution is 2.45. The van der Waals surface area contributed by atoms with Gasteiger partial charge >= 0.3 is 0 Å². The molecule has 3 aromatic rings. The zero-order valence-electron chi connectivity index (χ0n) is 17.7. The monoisotopic (exact) mass is 435 g/mol. The lowest BCUT2D eigenvalue weighted by Gasteiger charge is -2.22. The highest BCUT2D eigenvalue weighted by Gasteiger charge is 2.35. The molecule has 0 aliphatic heterocycles. The van der Waals surface area contributed by atoms with Gasteiger partial charge in [-0.3, -0.25) is 0 Å². The normalized spacial score (nSPS) is 19.9. The van der Waals surface area contributed by atoms with Crippen molar-refractivity contribution in [1.82, 2.24) is 9.97 Å². The number of halogens is 1. The molecule has 0 saturated heterocycles. The molecule has 0 spiro atoms. The van der Waals surface area contributed by atoms with Crippen LogP contribution in [0.25, 0.3) is 11.3 Å². The van der Waals surface area contributed by atoms with Crippen LogP contribution in [0.15, 0.2) is 42.5 Å². The van der Waals surface area contributed by atoms with Gasteiger partial charge in [-0.15, -0.1) is 0 Å². The second-order valence-electron chi connectivity index (χ2n) is 8.32. The Morgan fingerprint density at radius 1 is 1.16 bits per heavy atom. The quantitative estimate of drug-likeness (QED) is 0.548. The highest BCUT2D eigenvalue weighted by molar-refractivity contribution is 6.33. The van der Waals surface area contributed by atoms with E-state index in [-0.39, 0.29) is 6.04 Å². The third-order valence-electron chi connectivity index (χ3n) is 6.22. The number of anilines is 1. The molecule has 1 fully saturated rings. The van der Waals surface area contributed by atoms with Crippen molar-refractivity contribution in [3.63, 3.8) is 0 Å². The molecule has 2 aliphatic rings. The lowest BCUT2D eigenvalue weighted by atomic mass is 10.1. The van der Waals surface area contributed by atoms with Gasteiger partial charge in [0, 0.05) is 17.9 Å². The molecule has 31 heavy (non-hydrogen) atoms. The Kier molecular flexibility index (Phi) is 5.32. The smallest absolute Gasteiger partial charge is 0.148 e. The van der Waals surface area contributed by atoms with Crippen LogP contribution >= 0.6 is 11.6 Å². The number of nitrogens with one attached hydrogen (secondary N) is 1. The third-order valence-corrected chi connectivity index (χ3v) is 6.53. The van der Waals surface area contributed by atoms with Gasteiger partial charge in [-0.2, -0.15) is 0 Å². The second-order valence-corrected chi connectivity index (χ2v) is 8.73. The molecular formula is C25H26ClN3O2. The van der Waals surface area contributed by atoms with Gasteiger partial charge in [0.1, 0.15) is 11.6 Å². The summed E-state index contributed by atoms with van der Waals surface area (Å²) in [5.74, 6) is 1.90. The molecule has 1 unspecified atom stereocenters. The van der Waals surface area contributed by atoms with Gasteiger partial charge in [0.2, 0.25) is 0 Å². The van der Waals surface area contributed by atoms with Crippen LogP contribution in [0.2, 0.25) is 5.02 Å². The van der Waals surface area contributed by atoms with Gasteiger partial charge in [-0.05, 0) is 48.6 Å². The molecule has 2 atom stereocenters. The Labute approximate surface area is 187 Å². The number of nitrogens with zero attached hydrogens (tertiary/aromatic N) is 2. The topological polar surface area (TPSA) is 67.3 Å². The molecule has 0 bridgehead atoms. The second kappa shape index (κ2) is 8.13. The first kappa shape index (κ1) is 20.3. The van der Waals surface area contributed by atoms with E-state index in [4.69, 9.17) is 26.3 Å². The Balaban J connectivity index is 1.57. The summed E-state index contributed by atoms with van der Waals surface area (Å²) in [6.45, 7) is 2.07. The van der Waals surface area contributed by atoms with E-state index in [0.717, 1.165) is 53.3 Å². The maximum Gasteiger partial charge on any atom is 0.148 e. The summed E-state index contributed by atoms with van der Waals surface area (Å²) in [5, 5.41) is 14.9. The summed E-state index contributed by atoms with van der Waals surface area (Å²) in [6, 6.07) is 13.7. The van der Waals surface area contributed by atoms with Gasteiger partial charge in [-0.25, -0.2) is 9.97 Å². The predicted octanol–water partition coefficient (Wildman–Crippen LogP) is 5.32. The van der Waals surface area contributed by atoms with Crippen LogP contribution in [0, 0.1) is 0 Å². The number of ether oxygens (including phenoxy) is 1. The van der Waals surface area contributed by atoms with Crippen molar-refractivity contribution in [2.24, 2.45) is 0 Å². The van der Waals surface area contributed by atoms with E-state index in [1.54, 1.807) is 7.11 Å². The summed E-state index contributed by atoms with van der Waals surface area (Å²) in [4.78, 5) is 10.1. The van der Waals surface area contributed by atoms with Gasteiger partial charge in [0.25, 0.3) is 0 Å². The summed E-state index contributed by atoms with van der Waals surface area (Å²) >= 11 is 6.58. The Hall–Kier alpha value is -2.63. The molecule has 6 heteroatoms. The fourth-order valence-electron chi connectivity index (χ4n) is 4.40. The highest BCUT2D eigenvalue weighted by atomic mass is 35.5. The van der Waals surface area contributed by atoms with Gasteiger partial charge in [-0.1, -0.05) is 42.8 Å². The van der Waals surface area contributed by atoms with E-state index in [2.05, 4.69) is 24.4 Å². The minimum atomic E-state index is -0.480. The van der Waals surface area contributed by atoms with E-state index in [1.807, 2.05) is 30.3 Å².